The first-order valence-electron chi connectivity index (χ1n) is 11.6. The van der Waals surface area contributed by atoms with Gasteiger partial charge in [-0.25, -0.2) is 23.7 Å². The van der Waals surface area contributed by atoms with Crippen molar-refractivity contribution >= 4 is 23.5 Å². The number of alkyl halides is 2. The van der Waals surface area contributed by atoms with Crippen LogP contribution in [0.3, 0.4) is 0 Å². The van der Waals surface area contributed by atoms with E-state index in [1.54, 1.807) is 17.3 Å². The zero-order valence-corrected chi connectivity index (χ0v) is 19.3. The second-order valence-electron chi connectivity index (χ2n) is 9.10. The Kier molecular flexibility index (Phi) is 6.12. The monoisotopic (exact) mass is 488 g/mol. The Bertz CT molecular complexity index is 1070. The van der Waals surface area contributed by atoms with Crippen LogP contribution in [0.2, 0.25) is 0 Å². The largest absolute Gasteiger partial charge is 0.479 e. The van der Waals surface area contributed by atoms with Crippen molar-refractivity contribution < 1.29 is 27.8 Å². The molecule has 0 bridgehead atoms. The van der Waals surface area contributed by atoms with Gasteiger partial charge in [0, 0.05) is 52.1 Å². The average Bonchev–Trinajstić information content (AvgIpc) is 3.11. The number of carbonyl (C=O) groups excluding carboxylic acids is 2. The molecule has 0 aliphatic carbocycles. The number of anilines is 2. The second-order valence-corrected chi connectivity index (χ2v) is 9.10. The number of likely N-dealkylation sites (tertiary alicyclic amines) is 1. The molecule has 3 saturated heterocycles. The van der Waals surface area contributed by atoms with E-state index in [1.165, 1.54) is 18.3 Å². The predicted molar refractivity (Wildman–Crippen MR) is 121 cm³/mol. The van der Waals surface area contributed by atoms with Crippen LogP contribution in [0.15, 0.2) is 30.7 Å². The highest BCUT2D eigenvalue weighted by molar-refractivity contribution is 5.98. The number of amides is 2. The fourth-order valence-corrected chi connectivity index (χ4v) is 4.12. The van der Waals surface area contributed by atoms with Crippen molar-refractivity contribution in [2.45, 2.75) is 31.8 Å². The highest BCUT2D eigenvalue weighted by Crippen LogP contribution is 2.28. The normalized spacial score (nSPS) is 20.5. The van der Waals surface area contributed by atoms with Gasteiger partial charge in [-0.2, -0.15) is 0 Å². The first-order chi connectivity index (χ1) is 16.8. The van der Waals surface area contributed by atoms with Gasteiger partial charge in [-0.05, 0) is 12.5 Å². The van der Waals surface area contributed by atoms with Crippen LogP contribution in [0.4, 0.5) is 20.4 Å². The van der Waals surface area contributed by atoms with Crippen molar-refractivity contribution in [3.63, 3.8) is 0 Å². The Balaban J connectivity index is 1.12. The van der Waals surface area contributed by atoms with Gasteiger partial charge in [0.25, 0.3) is 11.8 Å². The number of halogens is 2. The highest BCUT2D eigenvalue weighted by Gasteiger charge is 2.39. The van der Waals surface area contributed by atoms with E-state index < -0.39 is 18.6 Å². The van der Waals surface area contributed by atoms with Crippen molar-refractivity contribution in [2.24, 2.45) is 5.92 Å². The molecule has 12 heteroatoms. The minimum Gasteiger partial charge on any atom is -0.479 e. The molecular formula is C23H26F2N6O4. The minimum atomic E-state index is -2.96. The molecule has 0 aromatic carbocycles. The van der Waals surface area contributed by atoms with E-state index in [9.17, 15) is 18.4 Å². The first kappa shape index (κ1) is 23.2. The fourth-order valence-electron chi connectivity index (χ4n) is 4.12. The first-order valence-corrected chi connectivity index (χ1v) is 11.6. The van der Waals surface area contributed by atoms with Crippen LogP contribution < -0.4 is 19.3 Å². The summed E-state index contributed by atoms with van der Waals surface area (Å²) in [5, 5.41) is 0. The third-order valence-corrected chi connectivity index (χ3v) is 6.24. The molecule has 3 aliphatic heterocycles. The molecular weight excluding hydrogens is 462 g/mol. The molecule has 0 N–H and O–H groups in total. The summed E-state index contributed by atoms with van der Waals surface area (Å²) in [6.07, 6.45) is 5.38. The lowest BCUT2D eigenvalue weighted by Crippen LogP contribution is -2.57. The van der Waals surface area contributed by atoms with E-state index in [1.807, 2.05) is 9.80 Å². The van der Waals surface area contributed by atoms with Gasteiger partial charge in [-0.3, -0.25) is 9.59 Å². The molecule has 10 nitrogen and oxygen atoms in total. The van der Waals surface area contributed by atoms with Crippen LogP contribution in [-0.2, 0) is 9.59 Å². The van der Waals surface area contributed by atoms with Crippen molar-refractivity contribution in [3.8, 4) is 11.6 Å². The molecule has 0 unspecified atom stereocenters. The Morgan fingerprint density at radius 2 is 1.86 bits per heavy atom. The molecule has 5 heterocycles. The van der Waals surface area contributed by atoms with Gasteiger partial charge in [0.1, 0.15) is 5.75 Å². The van der Waals surface area contributed by atoms with Gasteiger partial charge >= 0.3 is 0 Å². The number of hydrogen-bond donors (Lipinski definition) is 0. The zero-order chi connectivity index (χ0) is 24.6. The van der Waals surface area contributed by atoms with Crippen LogP contribution in [0.25, 0.3) is 0 Å². The topological polar surface area (TPSA) is 101 Å². The SMILES string of the molecule is CC(F)(F)COc1ccc(O[C@@H]2CCN(c3cnc(N4CC(C(=O)N5CCC5)C4)nc3)C2=O)cn1. The lowest BCUT2D eigenvalue weighted by Gasteiger charge is -2.42. The van der Waals surface area contributed by atoms with Gasteiger partial charge in [-0.15, -0.1) is 0 Å². The van der Waals surface area contributed by atoms with Crippen molar-refractivity contribution in [3.05, 3.63) is 30.7 Å². The van der Waals surface area contributed by atoms with Crippen LogP contribution in [-0.4, -0.2) is 83.0 Å². The maximum Gasteiger partial charge on any atom is 0.278 e. The standard InChI is InChI=1S/C23H26F2N6O4/c1-23(24,25)14-34-19-4-3-17(11-26-19)35-18-5-8-31(21(18)33)16-9-27-22(28-10-16)30-12-15(13-30)20(32)29-6-2-7-29/h3-4,9-11,15,18H,2,5-8,12-14H2,1H3/t18-/m1/s1. The number of aromatic nitrogens is 3. The molecule has 186 valence electrons. The molecule has 3 aliphatic rings. The van der Waals surface area contributed by atoms with Crippen molar-refractivity contribution in [1.29, 1.82) is 0 Å². The molecule has 2 aromatic rings. The molecule has 2 amide bonds. The number of nitrogens with zero attached hydrogens (tertiary/aromatic N) is 6. The van der Waals surface area contributed by atoms with Crippen molar-refractivity contribution in [1.82, 2.24) is 19.9 Å². The van der Waals surface area contributed by atoms with Gasteiger partial charge in [0.05, 0.1) is 30.2 Å². The Morgan fingerprint density at radius 1 is 1.11 bits per heavy atom. The van der Waals surface area contributed by atoms with Gasteiger partial charge in [0.2, 0.25) is 17.7 Å². The number of hydrogen-bond acceptors (Lipinski definition) is 8. The van der Waals surface area contributed by atoms with E-state index in [2.05, 4.69) is 15.0 Å². The van der Waals surface area contributed by atoms with Crippen LogP contribution in [0.1, 0.15) is 19.8 Å². The number of ether oxygens (including phenoxy) is 2. The highest BCUT2D eigenvalue weighted by atomic mass is 19.3. The summed E-state index contributed by atoms with van der Waals surface area (Å²) >= 11 is 0. The maximum atomic E-state index is 12.9. The molecule has 0 saturated carbocycles. The van der Waals surface area contributed by atoms with E-state index >= 15 is 0 Å². The molecule has 2 aromatic heterocycles. The summed E-state index contributed by atoms with van der Waals surface area (Å²) in [4.78, 5) is 43.2. The number of rotatable bonds is 8. The zero-order valence-electron chi connectivity index (χ0n) is 19.3. The molecule has 0 radical (unpaired) electrons. The Labute approximate surface area is 200 Å². The van der Waals surface area contributed by atoms with E-state index in [0.717, 1.165) is 26.4 Å². The maximum absolute atomic E-state index is 12.9. The van der Waals surface area contributed by atoms with Crippen molar-refractivity contribution in [2.75, 3.05) is 49.1 Å². The smallest absolute Gasteiger partial charge is 0.278 e. The molecule has 5 rings (SSSR count). The van der Waals surface area contributed by atoms with Gasteiger partial charge in [-0.1, -0.05) is 0 Å². The number of pyridine rings is 1. The van der Waals surface area contributed by atoms with Gasteiger partial charge < -0.3 is 24.2 Å². The molecule has 35 heavy (non-hydrogen) atoms. The number of carbonyl (C=O) groups is 2. The summed E-state index contributed by atoms with van der Waals surface area (Å²) in [6, 6.07) is 2.94. The van der Waals surface area contributed by atoms with Crippen LogP contribution in [0, 0.1) is 5.92 Å². The third-order valence-electron chi connectivity index (χ3n) is 6.24. The lowest BCUT2D eigenvalue weighted by atomic mass is 9.97. The summed E-state index contributed by atoms with van der Waals surface area (Å²) in [5.74, 6) is -2.05. The molecule has 1 atom stereocenters. The Hall–Kier alpha value is -3.57. The summed E-state index contributed by atoms with van der Waals surface area (Å²) in [7, 11) is 0. The molecule has 3 fully saturated rings. The fraction of sp³-hybridized carbons (Fsp3) is 0.522. The summed E-state index contributed by atoms with van der Waals surface area (Å²) in [5.41, 5.74) is 0.570. The van der Waals surface area contributed by atoms with Crippen LogP contribution >= 0.6 is 0 Å². The Morgan fingerprint density at radius 3 is 2.46 bits per heavy atom. The van der Waals surface area contributed by atoms with Gasteiger partial charge in [0.15, 0.2) is 12.7 Å². The molecule has 0 spiro atoms. The van der Waals surface area contributed by atoms with E-state index in [-0.39, 0.29) is 23.6 Å². The third kappa shape index (κ3) is 5.10. The minimum absolute atomic E-state index is 0.000602. The lowest BCUT2D eigenvalue weighted by molar-refractivity contribution is -0.139. The van der Waals surface area contributed by atoms with E-state index in [4.69, 9.17) is 9.47 Å². The van der Waals surface area contributed by atoms with Crippen LogP contribution in [0.5, 0.6) is 11.6 Å². The summed E-state index contributed by atoms with van der Waals surface area (Å²) < 4.78 is 36.5. The summed E-state index contributed by atoms with van der Waals surface area (Å²) in [6.45, 7) is 3.35. The quantitative estimate of drug-likeness (QED) is 0.554. The second kappa shape index (κ2) is 9.23. The predicted octanol–water partition coefficient (Wildman–Crippen LogP) is 1.76. The van der Waals surface area contributed by atoms with E-state index in [0.29, 0.717) is 43.4 Å². The average molecular weight is 488 g/mol.